The number of para-hydroxylation sites is 3. The minimum atomic E-state index is -0.317. The Hall–Kier alpha value is -3.41. The van der Waals surface area contributed by atoms with Gasteiger partial charge in [-0.3, -0.25) is 9.59 Å². The summed E-state index contributed by atoms with van der Waals surface area (Å²) in [5.74, 6) is -0.317. The standard InChI is InChI=1S/C19H18N4O2/c1-14-11-12-19(25)23(22-14)13-18(24)21-17-10-6-5-9-16(17)20-15-7-3-2-4-8-15/h2-12,20H,13H2,1H3,(H,21,24). The fraction of sp³-hybridized carbons (Fsp3) is 0.105. The first-order valence-electron chi connectivity index (χ1n) is 7.87. The molecule has 0 bridgehead atoms. The number of benzene rings is 2. The molecule has 6 heteroatoms. The van der Waals surface area contributed by atoms with Crippen LogP contribution in [-0.4, -0.2) is 15.7 Å². The number of aryl methyl sites for hydroxylation is 1. The predicted molar refractivity (Wildman–Crippen MR) is 98.0 cm³/mol. The maximum atomic E-state index is 12.3. The molecular formula is C19H18N4O2. The summed E-state index contributed by atoms with van der Waals surface area (Å²) in [6.07, 6.45) is 0. The number of nitrogens with one attached hydrogen (secondary N) is 2. The molecule has 6 nitrogen and oxygen atoms in total. The molecule has 1 aromatic heterocycles. The minimum absolute atomic E-state index is 0.139. The highest BCUT2D eigenvalue weighted by molar-refractivity contribution is 5.94. The van der Waals surface area contributed by atoms with E-state index in [0.29, 0.717) is 11.4 Å². The number of amides is 1. The van der Waals surface area contributed by atoms with Crippen LogP contribution in [0.5, 0.6) is 0 Å². The van der Waals surface area contributed by atoms with Crippen molar-refractivity contribution in [2.24, 2.45) is 0 Å². The van der Waals surface area contributed by atoms with Crippen molar-refractivity contribution in [2.45, 2.75) is 13.5 Å². The summed E-state index contributed by atoms with van der Waals surface area (Å²) < 4.78 is 1.15. The van der Waals surface area contributed by atoms with Gasteiger partial charge in [0.1, 0.15) is 6.54 Å². The minimum Gasteiger partial charge on any atom is -0.354 e. The Bertz CT molecular complexity index is 935. The number of anilines is 3. The molecule has 0 aliphatic carbocycles. The van der Waals surface area contributed by atoms with Gasteiger partial charge in [0.05, 0.1) is 17.1 Å². The van der Waals surface area contributed by atoms with Gasteiger partial charge < -0.3 is 10.6 Å². The zero-order valence-corrected chi connectivity index (χ0v) is 13.8. The number of carbonyl (C=O) groups is 1. The topological polar surface area (TPSA) is 76.0 Å². The molecule has 0 spiro atoms. The number of carbonyl (C=O) groups excluding carboxylic acids is 1. The number of hydrogen-bond acceptors (Lipinski definition) is 4. The van der Waals surface area contributed by atoms with Gasteiger partial charge in [-0.2, -0.15) is 5.10 Å². The lowest BCUT2D eigenvalue weighted by atomic mass is 10.2. The molecule has 2 N–H and O–H groups in total. The molecule has 126 valence electrons. The normalized spacial score (nSPS) is 10.3. The SMILES string of the molecule is Cc1ccc(=O)n(CC(=O)Nc2ccccc2Nc2ccccc2)n1. The summed E-state index contributed by atoms with van der Waals surface area (Å²) in [6, 6.07) is 20.1. The lowest BCUT2D eigenvalue weighted by Crippen LogP contribution is -2.29. The Morgan fingerprint density at radius 3 is 2.40 bits per heavy atom. The van der Waals surface area contributed by atoms with Crippen LogP contribution in [-0.2, 0) is 11.3 Å². The third kappa shape index (κ3) is 4.32. The fourth-order valence-corrected chi connectivity index (χ4v) is 2.37. The van der Waals surface area contributed by atoms with E-state index >= 15 is 0 Å². The summed E-state index contributed by atoms with van der Waals surface area (Å²) in [5, 5.41) is 10.2. The average molecular weight is 334 g/mol. The second-order valence-corrected chi connectivity index (χ2v) is 5.56. The maximum absolute atomic E-state index is 12.3. The van der Waals surface area contributed by atoms with E-state index in [9.17, 15) is 9.59 Å². The van der Waals surface area contributed by atoms with Crippen molar-refractivity contribution in [3.8, 4) is 0 Å². The second kappa shape index (κ2) is 7.44. The largest absolute Gasteiger partial charge is 0.354 e. The van der Waals surface area contributed by atoms with Crippen LogP contribution in [0, 0.1) is 6.92 Å². The predicted octanol–water partition coefficient (Wildman–Crippen LogP) is 2.93. The maximum Gasteiger partial charge on any atom is 0.267 e. The van der Waals surface area contributed by atoms with E-state index in [1.54, 1.807) is 19.1 Å². The molecule has 25 heavy (non-hydrogen) atoms. The summed E-state index contributed by atoms with van der Waals surface area (Å²) in [4.78, 5) is 24.1. The van der Waals surface area contributed by atoms with E-state index in [2.05, 4.69) is 15.7 Å². The number of aromatic nitrogens is 2. The Morgan fingerprint density at radius 2 is 1.64 bits per heavy atom. The Balaban J connectivity index is 1.75. The van der Waals surface area contributed by atoms with Gasteiger partial charge in [0.25, 0.3) is 5.56 Å². The van der Waals surface area contributed by atoms with Gasteiger partial charge in [-0.25, -0.2) is 4.68 Å². The molecule has 2 aromatic carbocycles. The van der Waals surface area contributed by atoms with Crippen LogP contribution in [0.3, 0.4) is 0 Å². The average Bonchev–Trinajstić information content (AvgIpc) is 2.61. The summed E-state index contributed by atoms with van der Waals surface area (Å²) >= 11 is 0. The number of rotatable bonds is 5. The third-order valence-electron chi connectivity index (χ3n) is 3.55. The van der Waals surface area contributed by atoms with E-state index < -0.39 is 0 Å². The van der Waals surface area contributed by atoms with Crippen molar-refractivity contribution in [2.75, 3.05) is 10.6 Å². The molecule has 0 saturated carbocycles. The van der Waals surface area contributed by atoms with Gasteiger partial charge in [-0.15, -0.1) is 0 Å². The van der Waals surface area contributed by atoms with Crippen molar-refractivity contribution < 1.29 is 4.79 Å². The molecule has 3 rings (SSSR count). The fourth-order valence-electron chi connectivity index (χ4n) is 2.37. The Kier molecular flexibility index (Phi) is 4.89. The Labute approximate surface area is 145 Å². The molecule has 1 heterocycles. The van der Waals surface area contributed by atoms with Crippen LogP contribution in [0.4, 0.5) is 17.1 Å². The molecule has 3 aromatic rings. The van der Waals surface area contributed by atoms with E-state index in [0.717, 1.165) is 16.1 Å². The van der Waals surface area contributed by atoms with Gasteiger partial charge >= 0.3 is 0 Å². The smallest absolute Gasteiger partial charge is 0.267 e. The van der Waals surface area contributed by atoms with E-state index in [-0.39, 0.29) is 18.0 Å². The van der Waals surface area contributed by atoms with Crippen molar-refractivity contribution in [1.82, 2.24) is 9.78 Å². The van der Waals surface area contributed by atoms with Gasteiger partial charge in [-0.1, -0.05) is 30.3 Å². The van der Waals surface area contributed by atoms with E-state index in [4.69, 9.17) is 0 Å². The summed E-state index contributed by atoms with van der Waals surface area (Å²) in [7, 11) is 0. The molecule has 1 amide bonds. The number of hydrogen-bond donors (Lipinski definition) is 2. The molecule has 0 atom stereocenters. The first-order valence-corrected chi connectivity index (χ1v) is 7.87. The van der Waals surface area contributed by atoms with Crippen molar-refractivity contribution in [3.05, 3.63) is 82.8 Å². The van der Waals surface area contributed by atoms with Gasteiger partial charge in [0, 0.05) is 11.8 Å². The van der Waals surface area contributed by atoms with Crippen molar-refractivity contribution >= 4 is 23.0 Å². The van der Waals surface area contributed by atoms with Crippen LogP contribution in [0.2, 0.25) is 0 Å². The van der Waals surface area contributed by atoms with Gasteiger partial charge in [0.15, 0.2) is 0 Å². The first-order chi connectivity index (χ1) is 12.1. The highest BCUT2D eigenvalue weighted by Crippen LogP contribution is 2.25. The van der Waals surface area contributed by atoms with Crippen molar-refractivity contribution in [1.29, 1.82) is 0 Å². The molecule has 0 saturated heterocycles. The van der Waals surface area contributed by atoms with Gasteiger partial charge in [-0.05, 0) is 37.3 Å². The monoisotopic (exact) mass is 334 g/mol. The third-order valence-corrected chi connectivity index (χ3v) is 3.55. The molecule has 0 unspecified atom stereocenters. The second-order valence-electron chi connectivity index (χ2n) is 5.56. The number of nitrogens with zero attached hydrogens (tertiary/aromatic N) is 2. The molecule has 0 radical (unpaired) electrons. The van der Waals surface area contributed by atoms with Crippen LogP contribution in [0.25, 0.3) is 0 Å². The summed E-state index contributed by atoms with van der Waals surface area (Å²) in [5.41, 5.74) is 2.69. The van der Waals surface area contributed by atoms with Gasteiger partial charge in [0.2, 0.25) is 5.91 Å². The van der Waals surface area contributed by atoms with Crippen LogP contribution in [0.15, 0.2) is 71.5 Å². The zero-order valence-electron chi connectivity index (χ0n) is 13.8. The van der Waals surface area contributed by atoms with Crippen LogP contribution < -0.4 is 16.2 Å². The highest BCUT2D eigenvalue weighted by Gasteiger charge is 2.09. The molecular weight excluding hydrogens is 316 g/mol. The Morgan fingerprint density at radius 1 is 0.960 bits per heavy atom. The van der Waals surface area contributed by atoms with E-state index in [1.165, 1.54) is 6.07 Å². The molecule has 0 fully saturated rings. The molecule has 0 aliphatic rings. The van der Waals surface area contributed by atoms with Crippen molar-refractivity contribution in [3.63, 3.8) is 0 Å². The van der Waals surface area contributed by atoms with Crippen LogP contribution in [0.1, 0.15) is 5.69 Å². The van der Waals surface area contributed by atoms with Crippen LogP contribution >= 0.6 is 0 Å². The first kappa shape index (κ1) is 16.4. The zero-order chi connectivity index (χ0) is 17.6. The lowest BCUT2D eigenvalue weighted by Gasteiger charge is -2.13. The quantitative estimate of drug-likeness (QED) is 0.752. The lowest BCUT2D eigenvalue weighted by molar-refractivity contribution is -0.117. The highest BCUT2D eigenvalue weighted by atomic mass is 16.2. The summed E-state index contributed by atoms with van der Waals surface area (Å²) in [6.45, 7) is 1.63. The molecule has 0 aliphatic heterocycles. The van der Waals surface area contributed by atoms with E-state index in [1.807, 2.05) is 48.5 Å².